The van der Waals surface area contributed by atoms with Crippen LogP contribution in [0.3, 0.4) is 0 Å². The van der Waals surface area contributed by atoms with E-state index in [9.17, 15) is 0 Å². The Labute approximate surface area is 132 Å². The normalized spacial score (nSPS) is 11.0. The Bertz CT molecular complexity index is 985. The molecule has 0 N–H and O–H groups in total. The Kier molecular flexibility index (Phi) is 3.12. The summed E-state index contributed by atoms with van der Waals surface area (Å²) in [7, 11) is 3.13. The van der Waals surface area contributed by atoms with E-state index in [2.05, 4.69) is 9.97 Å². The molecule has 5 nitrogen and oxygen atoms in total. The van der Waals surface area contributed by atoms with Crippen molar-refractivity contribution in [1.82, 2.24) is 9.97 Å². The van der Waals surface area contributed by atoms with Crippen LogP contribution >= 0.6 is 0 Å². The molecule has 5 heteroatoms. The fraction of sp³-hybridized carbons (Fsp3) is 0.111. The number of ether oxygens (including phenoxy) is 2. The molecule has 4 rings (SSSR count). The van der Waals surface area contributed by atoms with Crippen LogP contribution in [-0.2, 0) is 0 Å². The molecular formula is C18H14N2O3. The smallest absolute Gasteiger partial charge is 0.220 e. The lowest BCUT2D eigenvalue weighted by atomic mass is 10.1. The zero-order valence-corrected chi connectivity index (χ0v) is 12.7. The quantitative estimate of drug-likeness (QED) is 0.571. The number of para-hydroxylation sites is 2. The molecule has 0 amide bonds. The standard InChI is InChI=1S/C18H14N2O3/c1-21-15-10-16(22-2)20-18(19-15)13-8-5-7-12-11-6-3-4-9-14(11)23-17(12)13/h3-10H,1-2H3. The van der Waals surface area contributed by atoms with Crippen LogP contribution in [0.2, 0.25) is 0 Å². The topological polar surface area (TPSA) is 57.4 Å². The van der Waals surface area contributed by atoms with Gasteiger partial charge in [0, 0.05) is 10.8 Å². The monoisotopic (exact) mass is 306 g/mol. The minimum atomic E-state index is 0.444. The molecule has 0 saturated carbocycles. The number of benzene rings is 2. The first-order valence-electron chi connectivity index (χ1n) is 7.18. The highest BCUT2D eigenvalue weighted by Crippen LogP contribution is 2.35. The zero-order valence-electron chi connectivity index (χ0n) is 12.7. The zero-order chi connectivity index (χ0) is 15.8. The van der Waals surface area contributed by atoms with Crippen LogP contribution in [0.15, 0.2) is 52.9 Å². The average molecular weight is 306 g/mol. The maximum Gasteiger partial charge on any atom is 0.220 e. The van der Waals surface area contributed by atoms with Gasteiger partial charge in [-0.1, -0.05) is 30.3 Å². The molecule has 2 aromatic heterocycles. The summed E-state index contributed by atoms with van der Waals surface area (Å²) in [5, 5.41) is 2.10. The second-order valence-electron chi connectivity index (χ2n) is 5.06. The lowest BCUT2D eigenvalue weighted by Crippen LogP contribution is -1.97. The molecule has 2 aromatic carbocycles. The molecular weight excluding hydrogens is 292 g/mol. The maximum atomic E-state index is 6.02. The molecule has 23 heavy (non-hydrogen) atoms. The van der Waals surface area contributed by atoms with Crippen LogP contribution in [-0.4, -0.2) is 24.2 Å². The summed E-state index contributed by atoms with van der Waals surface area (Å²) in [5.41, 5.74) is 2.39. The summed E-state index contributed by atoms with van der Waals surface area (Å²) in [6.45, 7) is 0. The molecule has 0 aliphatic rings. The van der Waals surface area contributed by atoms with Crippen molar-refractivity contribution in [2.45, 2.75) is 0 Å². The largest absolute Gasteiger partial charge is 0.481 e. The number of methoxy groups -OCH3 is 2. The summed E-state index contributed by atoms with van der Waals surface area (Å²) in [6.07, 6.45) is 0. The van der Waals surface area contributed by atoms with E-state index >= 15 is 0 Å². The number of hydrogen-bond donors (Lipinski definition) is 0. The van der Waals surface area contributed by atoms with E-state index in [4.69, 9.17) is 13.9 Å². The van der Waals surface area contributed by atoms with Gasteiger partial charge in [-0.3, -0.25) is 0 Å². The molecule has 0 aliphatic heterocycles. The molecule has 0 bridgehead atoms. The summed E-state index contributed by atoms with van der Waals surface area (Å²) in [6, 6.07) is 15.5. The second kappa shape index (κ2) is 5.28. The molecule has 0 radical (unpaired) electrons. The van der Waals surface area contributed by atoms with Crippen molar-refractivity contribution in [2.24, 2.45) is 0 Å². The van der Waals surface area contributed by atoms with Crippen molar-refractivity contribution < 1.29 is 13.9 Å². The van der Waals surface area contributed by atoms with E-state index in [-0.39, 0.29) is 0 Å². The van der Waals surface area contributed by atoms with E-state index in [0.29, 0.717) is 17.6 Å². The summed E-state index contributed by atoms with van der Waals surface area (Å²) in [4.78, 5) is 8.83. The highest BCUT2D eigenvalue weighted by Gasteiger charge is 2.15. The average Bonchev–Trinajstić information content (AvgIpc) is 3.00. The van der Waals surface area contributed by atoms with Crippen LogP contribution < -0.4 is 9.47 Å². The van der Waals surface area contributed by atoms with Gasteiger partial charge in [0.05, 0.1) is 25.8 Å². The Balaban J connectivity index is 2.02. The van der Waals surface area contributed by atoms with E-state index in [1.165, 1.54) is 0 Å². The van der Waals surface area contributed by atoms with E-state index in [0.717, 1.165) is 27.5 Å². The first-order valence-corrected chi connectivity index (χ1v) is 7.18. The van der Waals surface area contributed by atoms with Crippen molar-refractivity contribution in [2.75, 3.05) is 14.2 Å². The predicted molar refractivity (Wildman–Crippen MR) is 87.9 cm³/mol. The number of hydrogen-bond acceptors (Lipinski definition) is 5. The van der Waals surface area contributed by atoms with Gasteiger partial charge in [0.25, 0.3) is 0 Å². The highest BCUT2D eigenvalue weighted by atomic mass is 16.5. The minimum Gasteiger partial charge on any atom is -0.481 e. The Morgan fingerprint density at radius 2 is 1.52 bits per heavy atom. The van der Waals surface area contributed by atoms with Gasteiger partial charge in [-0.25, -0.2) is 0 Å². The van der Waals surface area contributed by atoms with Crippen molar-refractivity contribution in [3.05, 3.63) is 48.5 Å². The van der Waals surface area contributed by atoms with Crippen LogP contribution in [0.4, 0.5) is 0 Å². The number of nitrogens with zero attached hydrogens (tertiary/aromatic N) is 2. The Morgan fingerprint density at radius 1 is 0.826 bits per heavy atom. The van der Waals surface area contributed by atoms with Crippen molar-refractivity contribution in [1.29, 1.82) is 0 Å². The minimum absolute atomic E-state index is 0.444. The summed E-state index contributed by atoms with van der Waals surface area (Å²) in [5.74, 6) is 1.39. The molecule has 2 heterocycles. The van der Waals surface area contributed by atoms with Crippen molar-refractivity contribution >= 4 is 21.9 Å². The Morgan fingerprint density at radius 3 is 2.26 bits per heavy atom. The van der Waals surface area contributed by atoms with Crippen molar-refractivity contribution in [3.63, 3.8) is 0 Å². The van der Waals surface area contributed by atoms with Crippen molar-refractivity contribution in [3.8, 4) is 23.1 Å². The van der Waals surface area contributed by atoms with Gasteiger partial charge in [-0.2, -0.15) is 9.97 Å². The first-order chi connectivity index (χ1) is 11.3. The van der Waals surface area contributed by atoms with Crippen LogP contribution in [0, 0.1) is 0 Å². The molecule has 0 fully saturated rings. The van der Waals surface area contributed by atoms with Crippen LogP contribution in [0.1, 0.15) is 0 Å². The van der Waals surface area contributed by atoms with Gasteiger partial charge in [-0.15, -0.1) is 0 Å². The van der Waals surface area contributed by atoms with E-state index < -0.39 is 0 Å². The number of rotatable bonds is 3. The van der Waals surface area contributed by atoms with Gasteiger partial charge in [0.1, 0.15) is 11.2 Å². The van der Waals surface area contributed by atoms with Gasteiger partial charge in [0.2, 0.25) is 11.8 Å². The van der Waals surface area contributed by atoms with Gasteiger partial charge in [0.15, 0.2) is 5.82 Å². The maximum absolute atomic E-state index is 6.02. The number of aromatic nitrogens is 2. The number of fused-ring (bicyclic) bond motifs is 3. The molecule has 0 atom stereocenters. The molecule has 114 valence electrons. The predicted octanol–water partition coefficient (Wildman–Crippen LogP) is 4.06. The molecule has 4 aromatic rings. The lowest BCUT2D eigenvalue weighted by Gasteiger charge is -2.06. The van der Waals surface area contributed by atoms with Gasteiger partial charge in [-0.05, 0) is 12.1 Å². The lowest BCUT2D eigenvalue weighted by molar-refractivity contribution is 0.372. The first kappa shape index (κ1) is 13.6. The third kappa shape index (κ3) is 2.17. The fourth-order valence-corrected chi connectivity index (χ4v) is 2.66. The molecule has 0 unspecified atom stereocenters. The Hall–Kier alpha value is -3.08. The molecule has 0 saturated heterocycles. The summed E-state index contributed by atoms with van der Waals surface area (Å²) < 4.78 is 16.5. The van der Waals surface area contributed by atoms with Gasteiger partial charge >= 0.3 is 0 Å². The van der Waals surface area contributed by atoms with E-state index in [1.807, 2.05) is 42.5 Å². The SMILES string of the molecule is COc1cc(OC)nc(-c2cccc3c2oc2ccccc23)n1. The van der Waals surface area contributed by atoms with Gasteiger partial charge < -0.3 is 13.9 Å². The number of furan rings is 1. The highest BCUT2D eigenvalue weighted by molar-refractivity contribution is 6.08. The van der Waals surface area contributed by atoms with E-state index in [1.54, 1.807) is 20.3 Å². The third-order valence-electron chi connectivity index (χ3n) is 3.74. The summed E-state index contributed by atoms with van der Waals surface area (Å²) >= 11 is 0. The van der Waals surface area contributed by atoms with Crippen LogP contribution in [0.5, 0.6) is 11.8 Å². The third-order valence-corrected chi connectivity index (χ3v) is 3.74. The fourth-order valence-electron chi connectivity index (χ4n) is 2.66. The second-order valence-corrected chi connectivity index (χ2v) is 5.06. The van der Waals surface area contributed by atoms with Crippen LogP contribution in [0.25, 0.3) is 33.3 Å². The molecule has 0 spiro atoms. The molecule has 0 aliphatic carbocycles.